The van der Waals surface area contributed by atoms with Crippen molar-refractivity contribution in [2.75, 3.05) is 31.1 Å². The predicted molar refractivity (Wildman–Crippen MR) is 124 cm³/mol. The summed E-state index contributed by atoms with van der Waals surface area (Å²) in [5, 5.41) is 0.823. The fraction of sp³-hybridized carbons (Fsp3) is 0.375. The predicted octanol–water partition coefficient (Wildman–Crippen LogP) is 5.45. The van der Waals surface area contributed by atoms with Gasteiger partial charge in [0.1, 0.15) is 15.7 Å². The molecule has 174 valence electrons. The summed E-state index contributed by atoms with van der Waals surface area (Å²) in [5.74, 6) is 0.438. The summed E-state index contributed by atoms with van der Waals surface area (Å²) in [6.45, 7) is 6.14. The zero-order valence-corrected chi connectivity index (χ0v) is 19.3. The van der Waals surface area contributed by atoms with Crippen molar-refractivity contribution in [1.82, 2.24) is 14.9 Å². The van der Waals surface area contributed by atoms with Gasteiger partial charge in [0.25, 0.3) is 5.91 Å². The minimum atomic E-state index is -4.41. The van der Waals surface area contributed by atoms with Crippen molar-refractivity contribution >= 4 is 23.1 Å². The Balaban J connectivity index is 1.45. The van der Waals surface area contributed by atoms with E-state index in [0.717, 1.165) is 29.3 Å². The first-order valence-corrected chi connectivity index (χ1v) is 11.7. The molecule has 0 saturated carbocycles. The van der Waals surface area contributed by atoms with Crippen molar-refractivity contribution in [3.8, 4) is 10.6 Å². The lowest BCUT2D eigenvalue weighted by atomic mass is 10.1. The second-order valence-corrected chi connectivity index (χ2v) is 9.02. The first-order chi connectivity index (χ1) is 15.8. The molecule has 2 aromatic heterocycles. The van der Waals surface area contributed by atoms with Crippen molar-refractivity contribution < 1.29 is 18.0 Å². The van der Waals surface area contributed by atoms with E-state index in [0.29, 0.717) is 49.0 Å². The van der Waals surface area contributed by atoms with E-state index in [1.54, 1.807) is 4.90 Å². The summed E-state index contributed by atoms with van der Waals surface area (Å²) >= 11 is 1.40. The molecule has 1 aromatic carbocycles. The largest absolute Gasteiger partial charge is 0.417 e. The van der Waals surface area contributed by atoms with Crippen LogP contribution in [-0.2, 0) is 12.6 Å². The van der Waals surface area contributed by atoms with Crippen LogP contribution in [0.3, 0.4) is 0 Å². The van der Waals surface area contributed by atoms with Crippen LogP contribution in [-0.4, -0.2) is 47.0 Å². The Hall–Kier alpha value is -2.94. The Morgan fingerprint density at radius 3 is 2.45 bits per heavy atom. The maximum absolute atomic E-state index is 13.3. The van der Waals surface area contributed by atoms with Crippen LogP contribution < -0.4 is 4.90 Å². The van der Waals surface area contributed by atoms with Crippen LogP contribution in [0.5, 0.6) is 0 Å². The number of anilines is 1. The van der Waals surface area contributed by atoms with Gasteiger partial charge in [-0.05, 0) is 37.5 Å². The molecule has 4 rings (SSSR count). The third-order valence-corrected chi connectivity index (χ3v) is 6.98. The first kappa shape index (κ1) is 23.2. The van der Waals surface area contributed by atoms with E-state index in [2.05, 4.69) is 29.0 Å². The molecule has 0 bridgehead atoms. The highest BCUT2D eigenvalue weighted by atomic mass is 32.1. The number of hydrogen-bond acceptors (Lipinski definition) is 5. The lowest BCUT2D eigenvalue weighted by Gasteiger charge is -2.23. The summed E-state index contributed by atoms with van der Waals surface area (Å²) in [6.07, 6.45) is -1.87. The van der Waals surface area contributed by atoms with Gasteiger partial charge in [-0.15, -0.1) is 11.3 Å². The van der Waals surface area contributed by atoms with Gasteiger partial charge in [0, 0.05) is 37.9 Å². The maximum atomic E-state index is 13.3. The van der Waals surface area contributed by atoms with Crippen LogP contribution in [0.2, 0.25) is 0 Å². The zero-order valence-electron chi connectivity index (χ0n) is 18.5. The van der Waals surface area contributed by atoms with Crippen molar-refractivity contribution in [3.05, 3.63) is 64.3 Å². The normalized spacial score (nSPS) is 14.9. The van der Waals surface area contributed by atoms with Crippen molar-refractivity contribution in [2.45, 2.75) is 32.9 Å². The highest BCUT2D eigenvalue weighted by Gasteiger charge is 2.31. The number of alkyl halides is 3. The molecular formula is C24H25F3N4OS. The number of pyridine rings is 1. The number of halogens is 3. The number of benzene rings is 1. The second-order valence-electron chi connectivity index (χ2n) is 8.02. The zero-order chi connectivity index (χ0) is 23.6. The quantitative estimate of drug-likeness (QED) is 0.505. The van der Waals surface area contributed by atoms with Gasteiger partial charge in [0.05, 0.1) is 11.3 Å². The van der Waals surface area contributed by atoms with E-state index >= 15 is 0 Å². The Labute approximate surface area is 194 Å². The van der Waals surface area contributed by atoms with Gasteiger partial charge in [-0.2, -0.15) is 13.2 Å². The number of amides is 1. The molecule has 33 heavy (non-hydrogen) atoms. The smallest absolute Gasteiger partial charge is 0.355 e. The number of aromatic nitrogens is 2. The third kappa shape index (κ3) is 5.19. The van der Waals surface area contributed by atoms with Crippen LogP contribution in [0.4, 0.5) is 19.0 Å². The maximum Gasteiger partial charge on any atom is 0.417 e. The molecule has 1 saturated heterocycles. The average molecular weight is 475 g/mol. The fourth-order valence-electron chi connectivity index (χ4n) is 3.84. The molecule has 5 nitrogen and oxygen atoms in total. The van der Waals surface area contributed by atoms with E-state index in [1.165, 1.54) is 23.0 Å². The lowest BCUT2D eigenvalue weighted by molar-refractivity contribution is -0.137. The molecule has 1 fully saturated rings. The molecule has 1 aliphatic rings. The van der Waals surface area contributed by atoms with Gasteiger partial charge in [-0.1, -0.05) is 31.2 Å². The number of thiazole rings is 1. The fourth-order valence-corrected chi connectivity index (χ4v) is 4.88. The minimum absolute atomic E-state index is 0.0522. The number of rotatable bonds is 4. The molecule has 1 aliphatic heterocycles. The average Bonchev–Trinajstić information content (AvgIpc) is 3.03. The first-order valence-electron chi connectivity index (χ1n) is 10.9. The number of carbonyl (C=O) groups excluding carboxylic acids is 1. The molecule has 0 spiro atoms. The minimum Gasteiger partial charge on any atom is -0.355 e. The van der Waals surface area contributed by atoms with E-state index in [4.69, 9.17) is 0 Å². The second kappa shape index (κ2) is 9.51. The summed E-state index contributed by atoms with van der Waals surface area (Å²) in [6, 6.07) is 10.7. The van der Waals surface area contributed by atoms with Crippen LogP contribution in [0.25, 0.3) is 10.6 Å². The van der Waals surface area contributed by atoms with Crippen molar-refractivity contribution in [1.29, 1.82) is 0 Å². The van der Waals surface area contributed by atoms with Gasteiger partial charge >= 0.3 is 6.18 Å². The van der Waals surface area contributed by atoms with Gasteiger partial charge in [0.2, 0.25) is 0 Å². The molecule has 9 heteroatoms. The van der Waals surface area contributed by atoms with Crippen LogP contribution in [0.1, 0.15) is 39.8 Å². The van der Waals surface area contributed by atoms with Crippen molar-refractivity contribution in [2.24, 2.45) is 0 Å². The molecule has 0 N–H and O–H groups in total. The standard InChI is InChI=1S/C24H25F3N4OS/c1-3-17-5-7-18(8-6-17)22-29-16(2)21(33-22)23(32)31-12-4-11-30(13-14-31)20-10-9-19(15-28-20)24(25,26)27/h5-10,15H,3-4,11-14H2,1-2H3. The summed E-state index contributed by atoms with van der Waals surface area (Å²) in [5.41, 5.74) is 2.19. The number of carbonyl (C=O) groups is 1. The van der Waals surface area contributed by atoms with Crippen LogP contribution in [0.15, 0.2) is 42.6 Å². The molecule has 3 aromatic rings. The van der Waals surface area contributed by atoms with E-state index in [9.17, 15) is 18.0 Å². The van der Waals surface area contributed by atoms with Gasteiger partial charge in [-0.3, -0.25) is 4.79 Å². The lowest BCUT2D eigenvalue weighted by Crippen LogP contribution is -2.35. The number of hydrogen-bond donors (Lipinski definition) is 0. The van der Waals surface area contributed by atoms with Gasteiger partial charge in [-0.25, -0.2) is 9.97 Å². The topological polar surface area (TPSA) is 49.3 Å². The highest BCUT2D eigenvalue weighted by Crippen LogP contribution is 2.31. The molecule has 0 aliphatic carbocycles. The summed E-state index contributed by atoms with van der Waals surface area (Å²) in [7, 11) is 0. The molecule has 0 unspecified atom stereocenters. The summed E-state index contributed by atoms with van der Waals surface area (Å²) < 4.78 is 38.4. The van der Waals surface area contributed by atoms with Gasteiger partial charge in [0.15, 0.2) is 0 Å². The van der Waals surface area contributed by atoms with E-state index in [-0.39, 0.29) is 5.91 Å². The molecule has 0 radical (unpaired) electrons. The van der Waals surface area contributed by atoms with Crippen molar-refractivity contribution in [3.63, 3.8) is 0 Å². The molecular weight excluding hydrogens is 449 g/mol. The van der Waals surface area contributed by atoms with Crippen LogP contribution in [0, 0.1) is 6.92 Å². The SMILES string of the molecule is CCc1ccc(-c2nc(C)c(C(=O)N3CCCN(c4ccc(C(F)(F)F)cn4)CC3)s2)cc1. The number of nitrogens with zero attached hydrogens (tertiary/aromatic N) is 4. The Bertz CT molecular complexity index is 1110. The van der Waals surface area contributed by atoms with Crippen LogP contribution >= 0.6 is 11.3 Å². The van der Waals surface area contributed by atoms with Gasteiger partial charge < -0.3 is 9.80 Å². The summed E-state index contributed by atoms with van der Waals surface area (Å²) in [4.78, 5) is 26.2. The molecule has 1 amide bonds. The number of aryl methyl sites for hydroxylation is 2. The Kier molecular flexibility index (Phi) is 6.69. The third-order valence-electron chi connectivity index (χ3n) is 5.78. The highest BCUT2D eigenvalue weighted by molar-refractivity contribution is 7.17. The van der Waals surface area contributed by atoms with E-state index in [1.807, 2.05) is 24.0 Å². The molecule has 0 atom stereocenters. The van der Waals surface area contributed by atoms with E-state index < -0.39 is 11.7 Å². The molecule has 3 heterocycles. The Morgan fingerprint density at radius 1 is 1.06 bits per heavy atom. The Morgan fingerprint density at radius 2 is 1.82 bits per heavy atom. The monoisotopic (exact) mass is 474 g/mol.